The molecule has 10 aromatic rings. The Hall–Kier alpha value is -7.14. The van der Waals surface area contributed by atoms with E-state index in [1.54, 1.807) is 0 Å². The van der Waals surface area contributed by atoms with E-state index in [9.17, 15) is 0 Å². The van der Waals surface area contributed by atoms with Crippen LogP contribution in [-0.4, -0.2) is 6.85 Å². The lowest BCUT2D eigenvalue weighted by Gasteiger charge is -2.53. The predicted molar refractivity (Wildman–Crippen MR) is 274 cm³/mol. The molecule has 3 aliphatic rings. The van der Waals surface area contributed by atoms with E-state index in [2.05, 4.69) is 238 Å². The highest BCUT2D eigenvalue weighted by Crippen LogP contribution is 2.60. The highest BCUT2D eigenvalue weighted by Gasteiger charge is 2.54. The van der Waals surface area contributed by atoms with Crippen LogP contribution in [0.2, 0.25) is 0 Å². The molecule has 0 spiro atoms. The summed E-state index contributed by atoms with van der Waals surface area (Å²) in [4.78, 5) is 5.38. The van der Waals surface area contributed by atoms with Gasteiger partial charge in [0.05, 0.1) is 11.1 Å². The Bertz CT molecular complexity index is 3470. The maximum Gasteiger partial charge on any atom is 0.334 e. The van der Waals surface area contributed by atoms with Crippen molar-refractivity contribution in [2.24, 2.45) is 0 Å². The minimum atomic E-state index is -0.558. The summed E-state index contributed by atoms with van der Waals surface area (Å²) in [5.74, 6) is 0. The van der Waals surface area contributed by atoms with Crippen molar-refractivity contribution in [2.45, 2.75) is 38.5 Å². The molecule has 64 heavy (non-hydrogen) atoms. The largest absolute Gasteiger partial charge is 0.376 e. The summed E-state index contributed by atoms with van der Waals surface area (Å²) in [6.07, 6.45) is 0. The normalized spacial score (nSPS) is 14.3. The average molecular weight is 837 g/mol. The highest BCUT2D eigenvalue weighted by molar-refractivity contribution is 7.27. The van der Waals surface area contributed by atoms with Gasteiger partial charge in [0.1, 0.15) is 0 Å². The zero-order valence-electron chi connectivity index (χ0n) is 36.4. The average Bonchev–Trinajstić information content (AvgIpc) is 3.72. The molecule has 13 rings (SSSR count). The summed E-state index contributed by atoms with van der Waals surface area (Å²) in [7, 11) is 0. The van der Waals surface area contributed by atoms with E-state index in [1.807, 2.05) is 11.3 Å². The van der Waals surface area contributed by atoms with Crippen LogP contribution in [0.5, 0.6) is 0 Å². The maximum atomic E-state index is 2.76. The van der Waals surface area contributed by atoms with Crippen LogP contribution in [0.4, 0.5) is 28.4 Å². The Kier molecular flexibility index (Phi) is 8.00. The van der Waals surface area contributed by atoms with E-state index in [4.69, 9.17) is 0 Å². The summed E-state index contributed by atoms with van der Waals surface area (Å²) < 4.78 is 2.66. The highest BCUT2D eigenvalue weighted by atomic mass is 32.1. The van der Waals surface area contributed by atoms with Gasteiger partial charge in [0, 0.05) is 54.0 Å². The molecule has 304 valence electrons. The van der Waals surface area contributed by atoms with E-state index in [0.29, 0.717) is 0 Å². The molecular formula is C60H45BN2S. The minimum Gasteiger partial charge on any atom is -0.376 e. The lowest BCUT2D eigenvalue weighted by Crippen LogP contribution is -2.63. The number of thiophene rings is 1. The molecule has 4 heterocycles. The molecular weight excluding hydrogens is 792 g/mol. The van der Waals surface area contributed by atoms with Crippen molar-refractivity contribution in [2.75, 3.05) is 9.71 Å². The molecule has 0 saturated carbocycles. The molecule has 4 heteroatoms. The van der Waals surface area contributed by atoms with Gasteiger partial charge in [0.2, 0.25) is 0 Å². The maximum absolute atomic E-state index is 2.76. The Morgan fingerprint density at radius 2 is 1.14 bits per heavy atom. The van der Waals surface area contributed by atoms with Gasteiger partial charge in [0.15, 0.2) is 0 Å². The summed E-state index contributed by atoms with van der Waals surface area (Å²) in [6.45, 7) is 9.13. The molecule has 0 amide bonds. The van der Waals surface area contributed by atoms with Crippen LogP contribution < -0.4 is 20.6 Å². The molecule has 0 saturated heterocycles. The zero-order chi connectivity index (χ0) is 42.9. The Balaban J connectivity index is 1.20. The Labute approximate surface area is 379 Å². The smallest absolute Gasteiger partial charge is 0.334 e. The molecule has 0 fully saturated rings. The number of aryl methyl sites for hydroxylation is 1. The van der Waals surface area contributed by atoms with E-state index in [0.717, 1.165) is 0 Å². The van der Waals surface area contributed by atoms with Crippen molar-refractivity contribution < 1.29 is 0 Å². The van der Waals surface area contributed by atoms with Crippen LogP contribution in [0.15, 0.2) is 200 Å². The fraction of sp³-hybridized carbons (Fsp3) is 0.100. The number of para-hydroxylation sites is 2. The van der Waals surface area contributed by atoms with E-state index < -0.39 is 5.41 Å². The van der Waals surface area contributed by atoms with Crippen LogP contribution in [-0.2, 0) is 10.8 Å². The van der Waals surface area contributed by atoms with Crippen molar-refractivity contribution in [3.05, 3.63) is 234 Å². The van der Waals surface area contributed by atoms with Gasteiger partial charge in [-0.15, -0.1) is 11.3 Å². The first-order valence-electron chi connectivity index (χ1n) is 22.5. The quantitative estimate of drug-likeness (QED) is 0.163. The number of anilines is 5. The molecule has 2 nitrogen and oxygen atoms in total. The van der Waals surface area contributed by atoms with Crippen LogP contribution in [0.25, 0.3) is 42.4 Å². The molecule has 0 radical (unpaired) electrons. The number of fused-ring (bicyclic) bond motifs is 10. The second-order valence-corrected chi connectivity index (χ2v) is 19.9. The second-order valence-electron chi connectivity index (χ2n) is 18.9. The van der Waals surface area contributed by atoms with Gasteiger partial charge in [-0.25, -0.2) is 0 Å². The van der Waals surface area contributed by atoms with Gasteiger partial charge in [-0.05, 0) is 104 Å². The summed E-state index contributed by atoms with van der Waals surface area (Å²) in [5.41, 5.74) is 21.1. The third kappa shape index (κ3) is 5.09. The summed E-state index contributed by atoms with van der Waals surface area (Å²) in [5, 5.41) is 2.63. The lowest BCUT2D eigenvalue weighted by molar-refractivity contribution is 0.590. The zero-order valence-corrected chi connectivity index (χ0v) is 37.2. The first-order valence-corrected chi connectivity index (χ1v) is 23.4. The fourth-order valence-corrected chi connectivity index (χ4v) is 12.9. The Morgan fingerprint density at radius 1 is 0.484 bits per heavy atom. The molecule has 0 aliphatic carbocycles. The summed E-state index contributed by atoms with van der Waals surface area (Å²) >= 11 is 1.94. The number of benzene rings is 9. The van der Waals surface area contributed by atoms with Crippen LogP contribution >= 0.6 is 11.3 Å². The Morgan fingerprint density at radius 3 is 1.89 bits per heavy atom. The molecule has 3 aliphatic heterocycles. The lowest BCUT2D eigenvalue weighted by atomic mass is 9.42. The van der Waals surface area contributed by atoms with Crippen molar-refractivity contribution in [1.82, 2.24) is 0 Å². The van der Waals surface area contributed by atoms with E-state index in [1.165, 1.54) is 115 Å². The van der Waals surface area contributed by atoms with Gasteiger partial charge < -0.3 is 9.71 Å². The van der Waals surface area contributed by atoms with Gasteiger partial charge in [-0.3, -0.25) is 0 Å². The van der Waals surface area contributed by atoms with Crippen molar-refractivity contribution in [1.29, 1.82) is 0 Å². The van der Waals surface area contributed by atoms with Gasteiger partial charge in [-0.1, -0.05) is 185 Å². The first kappa shape index (κ1) is 37.4. The summed E-state index contributed by atoms with van der Waals surface area (Å²) in [6, 6.07) is 75.8. The van der Waals surface area contributed by atoms with Crippen LogP contribution in [0, 0.1) is 6.92 Å². The third-order valence-electron chi connectivity index (χ3n) is 14.3. The van der Waals surface area contributed by atoms with Crippen LogP contribution in [0.3, 0.4) is 0 Å². The molecule has 0 atom stereocenters. The SMILES string of the molecule is Cc1cc2c3c(c1)N(c1ccc(C(C)(C)C)cc1-c1ccccc1)c1ccc4c(sc5ccccc54)c1B3N1c3ccccc3C(c3ccccc3)(c3ccccc3)c3cccc-2c31. The number of nitrogens with zero attached hydrogens (tertiary/aromatic N) is 2. The molecule has 9 aromatic carbocycles. The fourth-order valence-electron chi connectivity index (χ4n) is 11.6. The standard InChI is InChI=1S/C60H45BN2S/c1-38-35-47-44-26-18-28-49-57(44)63(51-29-16-15-27-48(51)60(49,40-21-10-6-11-22-40)41-23-12-7-13-24-41)61-55(47)53(36-38)62(52-34-32-45-43-25-14-17-30-54(43)64-58(45)56(52)61)50-33-31-42(59(2,3)4)37-46(50)39-19-8-5-9-20-39/h5-37H,1-4H3. The number of hydrogen-bond donors (Lipinski definition) is 0. The van der Waals surface area contributed by atoms with Crippen LogP contribution in [0.1, 0.15) is 54.2 Å². The van der Waals surface area contributed by atoms with Gasteiger partial charge in [-0.2, -0.15) is 0 Å². The topological polar surface area (TPSA) is 6.48 Å². The molecule has 0 unspecified atom stereocenters. The van der Waals surface area contributed by atoms with E-state index >= 15 is 0 Å². The molecule has 0 N–H and O–H groups in total. The minimum absolute atomic E-state index is 0.0174. The number of hydrogen-bond acceptors (Lipinski definition) is 3. The third-order valence-corrected chi connectivity index (χ3v) is 15.5. The van der Waals surface area contributed by atoms with Gasteiger partial charge in [0.25, 0.3) is 0 Å². The van der Waals surface area contributed by atoms with Crippen molar-refractivity contribution in [3.63, 3.8) is 0 Å². The van der Waals surface area contributed by atoms with E-state index in [-0.39, 0.29) is 12.3 Å². The second kappa shape index (κ2) is 13.7. The van der Waals surface area contributed by atoms with Crippen molar-refractivity contribution >= 4 is 77.7 Å². The van der Waals surface area contributed by atoms with Gasteiger partial charge >= 0.3 is 6.85 Å². The molecule has 1 aromatic heterocycles. The number of rotatable bonds is 4. The predicted octanol–water partition coefficient (Wildman–Crippen LogP) is 14.7. The molecule has 0 bridgehead atoms. The van der Waals surface area contributed by atoms with Crippen molar-refractivity contribution in [3.8, 4) is 22.3 Å². The monoisotopic (exact) mass is 836 g/mol. The first-order chi connectivity index (χ1) is 31.3.